The van der Waals surface area contributed by atoms with Crippen LogP contribution < -0.4 is 5.32 Å². The highest BCUT2D eigenvalue weighted by Crippen LogP contribution is 2.12. The Kier molecular flexibility index (Phi) is 6.88. The summed E-state index contributed by atoms with van der Waals surface area (Å²) in [7, 11) is 1.65. The summed E-state index contributed by atoms with van der Waals surface area (Å²) < 4.78 is 5.03. The minimum Gasteiger partial charge on any atom is -0.452 e. The number of hydrogen-bond acceptors (Lipinski definition) is 6. The number of rotatable bonds is 7. The summed E-state index contributed by atoms with van der Waals surface area (Å²) in [6.45, 7) is 0.118. The number of benzene rings is 1. The molecule has 0 radical (unpaired) electrons. The predicted molar refractivity (Wildman–Crippen MR) is 96.4 cm³/mol. The number of anilines is 1. The van der Waals surface area contributed by atoms with Crippen LogP contribution in [0.3, 0.4) is 0 Å². The topological polar surface area (TPSA) is 99.5 Å². The summed E-state index contributed by atoms with van der Waals surface area (Å²) in [5.41, 5.74) is 0.727. The minimum absolute atomic E-state index is 0.245. The Morgan fingerprint density at radius 2 is 1.96 bits per heavy atom. The van der Waals surface area contributed by atoms with E-state index in [0.717, 1.165) is 4.88 Å². The van der Waals surface area contributed by atoms with Gasteiger partial charge in [0, 0.05) is 17.6 Å². The lowest BCUT2D eigenvalue weighted by atomic mass is 10.2. The van der Waals surface area contributed by atoms with Crippen molar-refractivity contribution < 1.29 is 19.1 Å². The zero-order valence-electron chi connectivity index (χ0n) is 14.1. The number of hydrogen-bond donors (Lipinski definition) is 1. The van der Waals surface area contributed by atoms with Crippen LogP contribution >= 0.6 is 11.3 Å². The van der Waals surface area contributed by atoms with Crippen molar-refractivity contribution in [3.8, 4) is 6.07 Å². The van der Waals surface area contributed by atoms with Gasteiger partial charge < -0.3 is 15.0 Å². The summed E-state index contributed by atoms with van der Waals surface area (Å²) in [5, 5.41) is 12.9. The van der Waals surface area contributed by atoms with Gasteiger partial charge in [0.2, 0.25) is 5.91 Å². The lowest BCUT2D eigenvalue weighted by molar-refractivity contribution is -0.133. The maximum absolute atomic E-state index is 12.0. The van der Waals surface area contributed by atoms with Crippen LogP contribution in [0, 0.1) is 11.3 Å². The summed E-state index contributed by atoms with van der Waals surface area (Å²) in [6.07, 6.45) is -0.245. The molecule has 1 aromatic heterocycles. The van der Waals surface area contributed by atoms with Crippen molar-refractivity contribution in [2.45, 2.75) is 13.0 Å². The molecule has 0 fully saturated rings. The van der Waals surface area contributed by atoms with Crippen molar-refractivity contribution >= 4 is 34.8 Å². The second-order valence-electron chi connectivity index (χ2n) is 5.37. The van der Waals surface area contributed by atoms with E-state index in [0.29, 0.717) is 12.2 Å². The number of amides is 2. The zero-order chi connectivity index (χ0) is 18.9. The van der Waals surface area contributed by atoms with Crippen molar-refractivity contribution in [2.24, 2.45) is 0 Å². The van der Waals surface area contributed by atoms with Gasteiger partial charge in [-0.2, -0.15) is 5.26 Å². The molecule has 0 atom stereocenters. The van der Waals surface area contributed by atoms with Crippen molar-refractivity contribution in [3.05, 3.63) is 52.2 Å². The molecule has 1 aromatic carbocycles. The molecule has 0 spiro atoms. The average Bonchev–Trinajstić information content (AvgIpc) is 3.13. The fourth-order valence-electron chi connectivity index (χ4n) is 2.01. The molecule has 134 valence electrons. The van der Waals surface area contributed by atoms with Crippen LogP contribution in [-0.4, -0.2) is 36.3 Å². The Morgan fingerprint density at radius 3 is 2.58 bits per heavy atom. The van der Waals surface area contributed by atoms with Gasteiger partial charge in [0.15, 0.2) is 6.61 Å². The van der Waals surface area contributed by atoms with Gasteiger partial charge in [0.25, 0.3) is 5.91 Å². The fourth-order valence-corrected chi connectivity index (χ4v) is 2.77. The molecular weight excluding hydrogens is 354 g/mol. The van der Waals surface area contributed by atoms with Crippen molar-refractivity contribution in [1.82, 2.24) is 4.90 Å². The molecule has 0 aliphatic heterocycles. The van der Waals surface area contributed by atoms with Crippen LogP contribution in [0.2, 0.25) is 0 Å². The monoisotopic (exact) mass is 371 g/mol. The Bertz CT molecular complexity index is 810. The van der Waals surface area contributed by atoms with E-state index in [-0.39, 0.29) is 24.5 Å². The Morgan fingerprint density at radius 1 is 1.23 bits per heavy atom. The van der Waals surface area contributed by atoms with Gasteiger partial charge >= 0.3 is 5.97 Å². The van der Waals surface area contributed by atoms with E-state index in [2.05, 4.69) is 5.32 Å². The molecule has 0 aliphatic rings. The normalized spacial score (nSPS) is 9.85. The molecule has 8 heteroatoms. The summed E-state index contributed by atoms with van der Waals surface area (Å²) in [6, 6.07) is 11.6. The first kappa shape index (κ1) is 19.1. The molecule has 0 unspecified atom stereocenters. The quantitative estimate of drug-likeness (QED) is 0.754. The van der Waals surface area contributed by atoms with E-state index in [1.54, 1.807) is 24.5 Å². The molecule has 0 saturated carbocycles. The van der Waals surface area contributed by atoms with E-state index in [1.165, 1.54) is 29.2 Å². The maximum atomic E-state index is 12.0. The molecule has 1 heterocycles. The highest BCUT2D eigenvalue weighted by atomic mass is 32.1. The van der Waals surface area contributed by atoms with Crippen LogP contribution in [0.4, 0.5) is 5.69 Å². The highest BCUT2D eigenvalue weighted by molar-refractivity contribution is 7.09. The smallest absolute Gasteiger partial charge is 0.338 e. The van der Waals surface area contributed by atoms with Gasteiger partial charge in [-0.15, -0.1) is 11.3 Å². The van der Waals surface area contributed by atoms with E-state index >= 15 is 0 Å². The van der Waals surface area contributed by atoms with Crippen LogP contribution in [0.5, 0.6) is 0 Å². The molecule has 0 aliphatic carbocycles. The third kappa shape index (κ3) is 5.72. The molecule has 0 saturated heterocycles. The molecule has 2 aromatic rings. The Labute approximate surface area is 154 Å². The maximum Gasteiger partial charge on any atom is 0.338 e. The largest absolute Gasteiger partial charge is 0.452 e. The molecule has 7 nitrogen and oxygen atoms in total. The van der Waals surface area contributed by atoms with Crippen LogP contribution in [0.25, 0.3) is 0 Å². The van der Waals surface area contributed by atoms with Crippen LogP contribution in [0.1, 0.15) is 21.7 Å². The summed E-state index contributed by atoms with van der Waals surface area (Å²) >= 11 is 1.55. The fraction of sp³-hybridized carbons (Fsp3) is 0.222. The molecule has 0 bridgehead atoms. The number of carbonyl (C=O) groups is 3. The molecule has 2 rings (SSSR count). The van der Waals surface area contributed by atoms with Gasteiger partial charge in [0.05, 0.1) is 18.2 Å². The number of nitrogens with one attached hydrogen (secondary N) is 1. The summed E-state index contributed by atoms with van der Waals surface area (Å²) in [4.78, 5) is 37.9. The second kappa shape index (κ2) is 9.34. The average molecular weight is 371 g/mol. The molecule has 26 heavy (non-hydrogen) atoms. The van der Waals surface area contributed by atoms with Crippen LogP contribution in [-0.2, 0) is 20.9 Å². The third-order valence-electron chi connectivity index (χ3n) is 3.37. The first-order chi connectivity index (χ1) is 12.5. The van der Waals surface area contributed by atoms with E-state index in [4.69, 9.17) is 10.00 Å². The first-order valence-electron chi connectivity index (χ1n) is 7.70. The number of nitriles is 1. The highest BCUT2D eigenvalue weighted by Gasteiger charge is 2.14. The Balaban J connectivity index is 1.82. The van der Waals surface area contributed by atoms with Crippen molar-refractivity contribution in [2.75, 3.05) is 19.0 Å². The van der Waals surface area contributed by atoms with Gasteiger partial charge in [-0.05, 0) is 35.7 Å². The summed E-state index contributed by atoms with van der Waals surface area (Å²) in [5.74, 6) is -1.35. The van der Waals surface area contributed by atoms with Gasteiger partial charge in [-0.25, -0.2) is 4.79 Å². The SMILES string of the molecule is CN(Cc1cccs1)C(=O)COC(=O)c1ccc(NC(=O)CC#N)cc1. The zero-order valence-corrected chi connectivity index (χ0v) is 14.9. The lowest BCUT2D eigenvalue weighted by Gasteiger charge is -2.16. The number of thiophene rings is 1. The number of ether oxygens (including phenoxy) is 1. The third-order valence-corrected chi connectivity index (χ3v) is 4.23. The second-order valence-corrected chi connectivity index (χ2v) is 6.40. The van der Waals surface area contributed by atoms with E-state index in [9.17, 15) is 14.4 Å². The van der Waals surface area contributed by atoms with Gasteiger partial charge in [-0.3, -0.25) is 9.59 Å². The Hall–Kier alpha value is -3.18. The van der Waals surface area contributed by atoms with Crippen molar-refractivity contribution in [1.29, 1.82) is 5.26 Å². The number of nitrogens with zero attached hydrogens (tertiary/aromatic N) is 2. The predicted octanol–water partition coefficient (Wildman–Crippen LogP) is 2.42. The molecule has 2 amide bonds. The van der Waals surface area contributed by atoms with Gasteiger partial charge in [-0.1, -0.05) is 6.07 Å². The van der Waals surface area contributed by atoms with Crippen molar-refractivity contribution in [3.63, 3.8) is 0 Å². The number of esters is 1. The molecular formula is C18H17N3O4S. The van der Waals surface area contributed by atoms with E-state index < -0.39 is 11.9 Å². The molecule has 1 N–H and O–H groups in total. The minimum atomic E-state index is -0.627. The first-order valence-corrected chi connectivity index (χ1v) is 8.58. The lowest BCUT2D eigenvalue weighted by Crippen LogP contribution is -2.30. The van der Waals surface area contributed by atoms with Crippen LogP contribution in [0.15, 0.2) is 41.8 Å². The number of carbonyl (C=O) groups excluding carboxylic acids is 3. The standard InChI is InChI=1S/C18H17N3O4S/c1-21(11-15-3-2-10-26-15)17(23)12-25-18(24)13-4-6-14(7-5-13)20-16(22)8-9-19/h2-7,10H,8,11-12H2,1H3,(H,20,22). The van der Waals surface area contributed by atoms with Gasteiger partial charge in [0.1, 0.15) is 6.42 Å². The number of likely N-dealkylation sites (N-methyl/N-ethyl adjacent to an activating group) is 1. The van der Waals surface area contributed by atoms with E-state index in [1.807, 2.05) is 17.5 Å².